The van der Waals surface area contributed by atoms with E-state index >= 15 is 0 Å². The maximum Gasteiger partial charge on any atom is 0.397 e. The monoisotopic (exact) mass is 1440 g/mol. The number of rotatable bonds is 23. The predicted octanol–water partition coefficient (Wildman–Crippen LogP) is -1.44. The molecule has 4 aliphatic carbocycles. The first-order chi connectivity index (χ1) is 44.6. The molecule has 96 heavy (non-hydrogen) atoms. The average Bonchev–Trinajstić information content (AvgIpc) is 1.47. The molecule has 9 fully saturated rings. The lowest BCUT2D eigenvalue weighted by atomic mass is 9.41. The van der Waals surface area contributed by atoms with E-state index in [9.17, 15) is 89.7 Å². The molecule has 0 bridgehead atoms. The van der Waals surface area contributed by atoms with Crippen molar-refractivity contribution in [2.75, 3.05) is 33.5 Å². The predicted molar refractivity (Wildman–Crippen MR) is 318 cm³/mol. The van der Waals surface area contributed by atoms with E-state index in [-0.39, 0.29) is 29.1 Å². The molecule has 6 aliphatic heterocycles. The average molecular weight is 1440 g/mol. The molecule has 3 saturated carbocycles. The summed E-state index contributed by atoms with van der Waals surface area (Å²) in [6.07, 6.45) is -36.7. The summed E-state index contributed by atoms with van der Waals surface area (Å²) in [7, 11) is -14.8. The third kappa shape index (κ3) is 14.7. The lowest BCUT2D eigenvalue weighted by Gasteiger charge is -2.64. The topological polar surface area (TPSA) is 501 Å². The lowest BCUT2D eigenvalue weighted by molar-refractivity contribution is -0.403. The third-order valence-corrected chi connectivity index (χ3v) is 23.9. The van der Waals surface area contributed by atoms with Crippen LogP contribution >= 0.6 is 0 Å². The molecule has 0 aromatic rings. The number of allylic oxidation sites excluding steroid dienone is 3. The van der Waals surface area contributed by atoms with Crippen molar-refractivity contribution in [1.29, 1.82) is 0 Å². The lowest BCUT2D eigenvalue weighted by Crippen LogP contribution is -2.68. The molecule has 31 atom stereocenters. The number of methoxy groups -OCH3 is 1. The standard InChI is InChI=1S/C59H94O34S3/c1-25(2)11-10-17-58(8)34-15-19-57(7)28-12-13-33-55(4,5)35(16-18-56(33,6)27(28)14-20-59(34,57)54(69)92-58)87-52-47(39(64)32(22-81-52)93-96(76,77)78)91-53-48(90-49-40(65)36(61)29(60)21-80-49)41(66)44(26(3)84-53)88-51-43(68)46(38(63)31(86-51)24-83-95(73,74)75)89-50-42(67)45(79-9)37(62)30(85-50)23-82-94(70,71)72/h12,26-27,29-53,60-68H,1,10-11,13-24H2,2-9H3,(H,70,71,72)(H,73,74,75)(H,76,77,78)/t26-,27?,29-,30-,31-,32-,33?,34-,35+,36+,37-,38-,39+,40-,41+,42-,43-,44-,45+,46+,47-,48-,49+,50+,51+,52+,53+,56-,57+,58+,59-/m1/s1. The first kappa shape index (κ1) is 76.4. The van der Waals surface area contributed by atoms with Crippen LogP contribution in [-0.2, 0) is 105 Å². The molecule has 34 nitrogen and oxygen atoms in total. The zero-order chi connectivity index (χ0) is 70.5. The van der Waals surface area contributed by atoms with Crippen LogP contribution in [0, 0.1) is 39.4 Å². The Morgan fingerprint density at radius 2 is 1.18 bits per heavy atom. The Morgan fingerprint density at radius 1 is 0.604 bits per heavy atom. The van der Waals surface area contributed by atoms with Crippen molar-refractivity contribution in [3.05, 3.63) is 23.8 Å². The Kier molecular flexibility index (Phi) is 22.6. The van der Waals surface area contributed by atoms with Gasteiger partial charge < -0.3 is 103 Å². The summed E-state index contributed by atoms with van der Waals surface area (Å²) >= 11 is 0. The van der Waals surface area contributed by atoms with Crippen molar-refractivity contribution in [3.8, 4) is 0 Å². The molecular weight excluding hydrogens is 1350 g/mol. The molecule has 6 heterocycles. The fraction of sp³-hybridized carbons (Fsp3) is 0.915. The highest BCUT2D eigenvalue weighted by Gasteiger charge is 2.76. The van der Waals surface area contributed by atoms with E-state index in [1.807, 2.05) is 6.92 Å². The van der Waals surface area contributed by atoms with E-state index in [1.54, 1.807) is 0 Å². The van der Waals surface area contributed by atoms with Gasteiger partial charge in [-0.05, 0) is 108 Å². The Labute approximate surface area is 556 Å². The third-order valence-electron chi connectivity index (χ3n) is 22.5. The normalized spacial score (nSPS) is 48.2. The number of cyclic esters (lactones) is 1. The van der Waals surface area contributed by atoms with E-state index < -0.39 is 227 Å². The second-order valence-electron chi connectivity index (χ2n) is 28.7. The number of fused-ring (bicyclic) bond motifs is 4. The number of esters is 1. The molecule has 0 aromatic carbocycles. The molecule has 10 aliphatic rings. The molecule has 0 aromatic heterocycles. The number of aliphatic hydroxyl groups is 9. The second-order valence-corrected chi connectivity index (χ2v) is 31.9. The maximum absolute atomic E-state index is 14.5. The van der Waals surface area contributed by atoms with Gasteiger partial charge in [0.2, 0.25) is 0 Å². The summed E-state index contributed by atoms with van der Waals surface area (Å²) in [6, 6.07) is 0. The number of aliphatic hydroxyl groups excluding tert-OH is 9. The summed E-state index contributed by atoms with van der Waals surface area (Å²) in [5.74, 6) is -0.0410. The summed E-state index contributed by atoms with van der Waals surface area (Å²) in [5, 5.41) is 103. The zero-order valence-electron chi connectivity index (χ0n) is 54.3. The minimum atomic E-state index is -5.32. The van der Waals surface area contributed by atoms with Gasteiger partial charge in [0.1, 0.15) is 109 Å². The van der Waals surface area contributed by atoms with E-state index in [1.165, 1.54) is 12.5 Å². The number of carbonyl (C=O) groups is 1. The summed E-state index contributed by atoms with van der Waals surface area (Å²) in [5.41, 5.74) is -0.396. The van der Waals surface area contributed by atoms with Gasteiger partial charge in [-0.3, -0.25) is 18.5 Å². The van der Waals surface area contributed by atoms with Crippen LogP contribution in [0.1, 0.15) is 113 Å². The van der Waals surface area contributed by atoms with Crippen LogP contribution in [0.2, 0.25) is 0 Å². The number of hydrogen-bond donors (Lipinski definition) is 12. The molecule has 0 radical (unpaired) electrons. The highest BCUT2D eigenvalue weighted by Crippen LogP contribution is 2.76. The van der Waals surface area contributed by atoms with Crippen LogP contribution in [0.15, 0.2) is 23.8 Å². The van der Waals surface area contributed by atoms with Gasteiger partial charge in [0.05, 0.1) is 44.1 Å². The molecule has 2 unspecified atom stereocenters. The molecule has 12 N–H and O–H groups in total. The van der Waals surface area contributed by atoms with Crippen LogP contribution in [0.3, 0.4) is 0 Å². The van der Waals surface area contributed by atoms with E-state index in [0.29, 0.717) is 25.7 Å². The summed E-state index contributed by atoms with van der Waals surface area (Å²) in [4.78, 5) is 14.5. The van der Waals surface area contributed by atoms with Gasteiger partial charge in [0, 0.05) is 18.4 Å². The molecule has 6 saturated heterocycles. The Morgan fingerprint density at radius 3 is 1.78 bits per heavy atom. The highest BCUT2D eigenvalue weighted by molar-refractivity contribution is 7.81. The first-order valence-corrected chi connectivity index (χ1v) is 36.3. The Balaban J connectivity index is 0.917. The van der Waals surface area contributed by atoms with Crippen LogP contribution in [0.25, 0.3) is 0 Å². The number of hydrogen-bond acceptors (Lipinski definition) is 31. The largest absolute Gasteiger partial charge is 0.459 e. The van der Waals surface area contributed by atoms with Gasteiger partial charge in [0.25, 0.3) is 0 Å². The van der Waals surface area contributed by atoms with Crippen LogP contribution in [0.4, 0.5) is 0 Å². The Hall–Kier alpha value is -2.24. The van der Waals surface area contributed by atoms with Crippen LogP contribution in [0.5, 0.6) is 0 Å². The smallest absolute Gasteiger partial charge is 0.397 e. The van der Waals surface area contributed by atoms with Crippen molar-refractivity contribution in [2.24, 2.45) is 39.4 Å². The van der Waals surface area contributed by atoms with Gasteiger partial charge in [-0.2, -0.15) is 25.3 Å². The minimum Gasteiger partial charge on any atom is -0.459 e. The fourth-order valence-electron chi connectivity index (χ4n) is 17.7. The quantitative estimate of drug-likeness (QED) is 0.0317. The molecule has 10 rings (SSSR count). The van der Waals surface area contributed by atoms with Crippen molar-refractivity contribution in [1.82, 2.24) is 0 Å². The molecule has 1 spiro atoms. The summed E-state index contributed by atoms with van der Waals surface area (Å²) in [6.45, 7) is 14.3. The second kappa shape index (κ2) is 28.4. The van der Waals surface area contributed by atoms with Gasteiger partial charge in [-0.1, -0.05) is 44.9 Å². The SMILES string of the molecule is C=C(C)CCC[C@]1(C)OC(=O)[C@]23CCC4C(=CCC5C(C)(C)[C@@H](O[C@@H]6OC[C@@H](OS(=O)(=O)O)[C@H](O)[C@H]6O[C@@H]6O[C@H](C)[C@@H](O[C@@H]7O[C@H](COS(=O)(=O)O)[C@@H](O)[C@H](O[C@@H]8O[C@H](COS(=O)(=O)O)[C@@H](O)[C@H](OC)[C@H]8O)[C@H]7O)[C@H](O)[C@H]6O[C@@H]6OC[C@@H](O)[C@H](O)[C@H]6O)CC[C@]45C)[C@]2(C)CC[C@@H]31. The van der Waals surface area contributed by atoms with E-state index in [4.69, 9.17) is 61.0 Å². The summed E-state index contributed by atoms with van der Waals surface area (Å²) < 4.78 is 186. The molecule has 37 heteroatoms. The van der Waals surface area contributed by atoms with Gasteiger partial charge in [0.15, 0.2) is 31.5 Å². The van der Waals surface area contributed by atoms with Gasteiger partial charge in [-0.25, -0.2) is 12.5 Å². The van der Waals surface area contributed by atoms with Gasteiger partial charge >= 0.3 is 37.2 Å². The Bertz CT molecular complexity index is 3160. The number of carbonyl (C=O) groups excluding carboxylic acids is 1. The van der Waals surface area contributed by atoms with Crippen molar-refractivity contribution in [2.45, 2.75) is 266 Å². The minimum absolute atomic E-state index is 0.0451. The van der Waals surface area contributed by atoms with Gasteiger partial charge in [-0.15, -0.1) is 6.58 Å². The van der Waals surface area contributed by atoms with Crippen LogP contribution in [-0.4, -0.2) is 277 Å². The molecule has 552 valence electrons. The fourth-order valence-corrected chi connectivity index (χ4v) is 18.8. The van der Waals surface area contributed by atoms with E-state index in [2.05, 4.69) is 55.6 Å². The van der Waals surface area contributed by atoms with Crippen molar-refractivity contribution in [3.63, 3.8) is 0 Å². The van der Waals surface area contributed by atoms with Crippen molar-refractivity contribution < 1.29 is 159 Å². The van der Waals surface area contributed by atoms with E-state index in [0.717, 1.165) is 51.2 Å². The maximum atomic E-state index is 14.5. The van der Waals surface area contributed by atoms with Crippen molar-refractivity contribution >= 4 is 37.2 Å². The van der Waals surface area contributed by atoms with Crippen LogP contribution < -0.4 is 0 Å². The molecule has 0 amide bonds. The highest BCUT2D eigenvalue weighted by atomic mass is 32.3. The molecular formula is C59H94O34S3. The number of ether oxygens (including phenoxy) is 12. The first-order valence-electron chi connectivity index (χ1n) is 32.2. The zero-order valence-corrected chi connectivity index (χ0v) is 56.8.